The highest BCUT2D eigenvalue weighted by molar-refractivity contribution is 7.92. The van der Waals surface area contributed by atoms with Crippen LogP contribution in [0.1, 0.15) is 46.1 Å². The molecule has 0 aliphatic carbocycles. The number of sulfone groups is 1. The van der Waals surface area contributed by atoms with Gasteiger partial charge >= 0.3 is 0 Å². The number of nitrogens with zero attached hydrogens (tertiary/aromatic N) is 1. The number of methoxy groups -OCH3 is 1. The highest BCUT2D eigenvalue weighted by Crippen LogP contribution is 2.23. The van der Waals surface area contributed by atoms with Gasteiger partial charge in [0.25, 0.3) is 5.91 Å². The van der Waals surface area contributed by atoms with E-state index >= 15 is 0 Å². The Morgan fingerprint density at radius 2 is 1.68 bits per heavy atom. The number of halogens is 1. The van der Waals surface area contributed by atoms with Gasteiger partial charge in [0, 0.05) is 13.0 Å². The van der Waals surface area contributed by atoms with Gasteiger partial charge in [0.1, 0.15) is 17.0 Å². The van der Waals surface area contributed by atoms with Crippen LogP contribution in [-0.2, 0) is 25.8 Å². The zero-order valence-corrected chi connectivity index (χ0v) is 25.4. The summed E-state index contributed by atoms with van der Waals surface area (Å²) >= 11 is 5.74. The molecule has 2 aromatic rings. The van der Waals surface area contributed by atoms with Gasteiger partial charge in [0.05, 0.1) is 24.2 Å². The number of ether oxygens (including phenoxy) is 1. The van der Waals surface area contributed by atoms with Gasteiger partial charge in [-0.3, -0.25) is 20.3 Å². The van der Waals surface area contributed by atoms with Crippen LogP contribution in [0.25, 0.3) is 0 Å². The van der Waals surface area contributed by atoms with Crippen molar-refractivity contribution in [3.63, 3.8) is 0 Å². The number of amides is 2. The van der Waals surface area contributed by atoms with Crippen LogP contribution in [0, 0.1) is 11.8 Å². The van der Waals surface area contributed by atoms with E-state index in [0.717, 1.165) is 12.0 Å². The van der Waals surface area contributed by atoms with Gasteiger partial charge in [0.2, 0.25) is 5.91 Å². The van der Waals surface area contributed by atoms with Crippen LogP contribution in [0.3, 0.4) is 0 Å². The second-order valence-electron chi connectivity index (χ2n) is 10.3. The second kappa shape index (κ2) is 16.0. The monoisotopic (exact) mass is 595 g/mol. The molecular weight excluding hydrogens is 554 g/mol. The average molecular weight is 596 g/mol. The van der Waals surface area contributed by atoms with Gasteiger partial charge in [-0.2, -0.15) is 0 Å². The largest absolute Gasteiger partial charge is 0.497 e. The Morgan fingerprint density at radius 1 is 1.05 bits per heavy atom. The minimum Gasteiger partial charge on any atom is -0.497 e. The molecule has 11 heteroatoms. The maximum atomic E-state index is 13.5. The van der Waals surface area contributed by atoms with Crippen molar-refractivity contribution >= 4 is 33.3 Å². The third-order valence-corrected chi connectivity index (χ3v) is 9.33. The molecule has 40 heavy (non-hydrogen) atoms. The third-order valence-electron chi connectivity index (χ3n) is 6.77. The molecule has 0 saturated carbocycles. The van der Waals surface area contributed by atoms with E-state index in [1.54, 1.807) is 26.0 Å². The number of hydrazine groups is 1. The molecule has 0 fully saturated rings. The molecule has 3 N–H and O–H groups in total. The number of benzene rings is 2. The molecule has 4 atom stereocenters. The molecule has 222 valence electrons. The van der Waals surface area contributed by atoms with Crippen LogP contribution >= 0.6 is 11.6 Å². The summed E-state index contributed by atoms with van der Waals surface area (Å²) < 4.78 is 32.2. The van der Waals surface area contributed by atoms with Gasteiger partial charge in [-0.1, -0.05) is 64.4 Å². The lowest BCUT2D eigenvalue weighted by Gasteiger charge is -2.36. The molecule has 2 amide bonds. The number of rotatable bonds is 15. The minimum atomic E-state index is -3.83. The maximum Gasteiger partial charge on any atom is 0.253 e. The number of carbonyl (C=O) groups excluding carboxylic acids is 2. The van der Waals surface area contributed by atoms with E-state index in [9.17, 15) is 23.1 Å². The first-order chi connectivity index (χ1) is 18.9. The summed E-state index contributed by atoms with van der Waals surface area (Å²) in [4.78, 5) is 25.8. The standard InChI is InChI=1S/C29H42ClN3O6S/c1-6-21(4)16-28(36)33(32-27(35)18-30)25(17-22-10-8-7-9-11-22)26(34)19-31-29(20(2)3)40(37,38)24-14-12-23(39-5)13-15-24/h7-15,20-21,25-26,29,31,34H,6,16-19H2,1-5H3,(H,32,35)/t21-,25-,26+,29?/m0/s1. The number of hydrogen-bond donors (Lipinski definition) is 3. The molecule has 0 saturated heterocycles. The highest BCUT2D eigenvalue weighted by atomic mass is 35.5. The van der Waals surface area contributed by atoms with Crippen LogP contribution in [0.4, 0.5) is 0 Å². The Kier molecular flexibility index (Phi) is 13.4. The second-order valence-corrected chi connectivity index (χ2v) is 12.6. The third kappa shape index (κ3) is 9.47. The molecule has 0 aromatic heterocycles. The zero-order chi connectivity index (χ0) is 29.9. The number of nitrogens with one attached hydrogen (secondary N) is 2. The highest BCUT2D eigenvalue weighted by Gasteiger charge is 2.35. The van der Waals surface area contributed by atoms with Crippen molar-refractivity contribution in [2.24, 2.45) is 11.8 Å². The van der Waals surface area contributed by atoms with Gasteiger partial charge in [-0.15, -0.1) is 11.6 Å². The van der Waals surface area contributed by atoms with Crippen molar-refractivity contribution in [3.05, 3.63) is 60.2 Å². The van der Waals surface area contributed by atoms with Crippen molar-refractivity contribution in [2.45, 2.75) is 69.4 Å². The number of hydrogen-bond acceptors (Lipinski definition) is 7. The van der Waals surface area contributed by atoms with E-state index in [1.807, 2.05) is 44.2 Å². The first-order valence-corrected chi connectivity index (χ1v) is 15.5. The van der Waals surface area contributed by atoms with Crippen molar-refractivity contribution in [2.75, 3.05) is 19.5 Å². The van der Waals surface area contributed by atoms with E-state index in [1.165, 1.54) is 24.3 Å². The molecular formula is C29H42ClN3O6S. The fourth-order valence-electron chi connectivity index (χ4n) is 4.28. The predicted molar refractivity (Wildman–Crippen MR) is 157 cm³/mol. The number of aliphatic hydroxyl groups is 1. The Labute approximate surface area is 243 Å². The lowest BCUT2D eigenvalue weighted by molar-refractivity contribution is -0.147. The van der Waals surface area contributed by atoms with E-state index < -0.39 is 33.3 Å². The molecule has 2 aromatic carbocycles. The smallest absolute Gasteiger partial charge is 0.253 e. The summed E-state index contributed by atoms with van der Waals surface area (Å²) in [7, 11) is -2.33. The molecule has 2 rings (SSSR count). The van der Waals surface area contributed by atoms with Crippen LogP contribution in [-0.4, -0.2) is 67.4 Å². The van der Waals surface area contributed by atoms with Gasteiger partial charge in [-0.25, -0.2) is 13.4 Å². The predicted octanol–water partition coefficient (Wildman–Crippen LogP) is 3.55. The first kappa shape index (κ1) is 33.5. The number of alkyl halides is 1. The van der Waals surface area contributed by atoms with E-state index in [2.05, 4.69) is 10.7 Å². The molecule has 0 bridgehead atoms. The van der Waals surface area contributed by atoms with Crippen LogP contribution in [0.2, 0.25) is 0 Å². The first-order valence-electron chi connectivity index (χ1n) is 13.4. The Bertz CT molecular complexity index is 1180. The number of aliphatic hydroxyl groups excluding tert-OH is 1. The fourth-order valence-corrected chi connectivity index (χ4v) is 6.18. The molecule has 0 radical (unpaired) electrons. The van der Waals surface area contributed by atoms with Gasteiger partial charge in [0.15, 0.2) is 9.84 Å². The lowest BCUT2D eigenvalue weighted by atomic mass is 9.98. The van der Waals surface area contributed by atoms with E-state index in [-0.39, 0.29) is 47.9 Å². The van der Waals surface area contributed by atoms with Crippen LogP contribution in [0.15, 0.2) is 59.5 Å². The normalized spacial score (nSPS) is 14.7. The van der Waals surface area contributed by atoms with E-state index in [4.69, 9.17) is 16.3 Å². The molecule has 0 spiro atoms. The quantitative estimate of drug-likeness (QED) is 0.212. The van der Waals surface area contributed by atoms with Crippen LogP contribution < -0.4 is 15.5 Å². The van der Waals surface area contributed by atoms with Gasteiger partial charge in [-0.05, 0) is 48.1 Å². The summed E-state index contributed by atoms with van der Waals surface area (Å²) in [5.41, 5.74) is 3.40. The molecule has 0 aliphatic heterocycles. The van der Waals surface area contributed by atoms with Crippen molar-refractivity contribution in [1.82, 2.24) is 15.8 Å². The molecule has 9 nitrogen and oxygen atoms in total. The number of carbonyl (C=O) groups is 2. The van der Waals surface area contributed by atoms with Crippen LogP contribution in [0.5, 0.6) is 5.75 Å². The summed E-state index contributed by atoms with van der Waals surface area (Å²) in [5.74, 6) is -1.07. The summed E-state index contributed by atoms with van der Waals surface area (Å²) in [6.07, 6.45) is -0.0966. The summed E-state index contributed by atoms with van der Waals surface area (Å²) in [6, 6.07) is 14.5. The van der Waals surface area contributed by atoms with E-state index in [0.29, 0.717) is 5.75 Å². The Morgan fingerprint density at radius 3 is 2.20 bits per heavy atom. The minimum absolute atomic E-state index is 0.0514. The Hall–Kier alpha value is -2.66. The molecule has 0 heterocycles. The lowest BCUT2D eigenvalue weighted by Crippen LogP contribution is -2.59. The molecule has 1 unspecified atom stereocenters. The zero-order valence-electron chi connectivity index (χ0n) is 23.8. The topological polar surface area (TPSA) is 125 Å². The fraction of sp³-hybridized carbons (Fsp3) is 0.517. The molecule has 0 aliphatic rings. The summed E-state index contributed by atoms with van der Waals surface area (Å²) in [5, 5.41) is 14.6. The van der Waals surface area contributed by atoms with Crippen molar-refractivity contribution in [1.29, 1.82) is 0 Å². The SMILES string of the molecule is CC[C@H](C)CC(=O)N(NC(=O)CCl)[C@@H](Cc1ccccc1)[C@H](O)CNC(C(C)C)S(=O)(=O)c1ccc(OC)cc1. The van der Waals surface area contributed by atoms with Gasteiger partial charge < -0.3 is 9.84 Å². The average Bonchev–Trinajstić information content (AvgIpc) is 2.94. The maximum absolute atomic E-state index is 13.5. The summed E-state index contributed by atoms with van der Waals surface area (Å²) in [6.45, 7) is 7.29. The Balaban J connectivity index is 2.38. The van der Waals surface area contributed by atoms with Crippen molar-refractivity contribution in [3.8, 4) is 5.75 Å². The van der Waals surface area contributed by atoms with Crippen molar-refractivity contribution < 1.29 is 27.9 Å².